The standard InChI is InChI=1S/C15H18N6O3/c1-10-5-13(17-24-10)14(22)19-7-12(8-19)21-9-11(6-16-21)20-4-3-18(2)15(20)23/h5-6,9,12H,3-4,7-8H2,1-2H3. The van der Waals surface area contributed by atoms with Crippen LogP contribution in [0.1, 0.15) is 22.3 Å². The van der Waals surface area contributed by atoms with Gasteiger partial charge in [-0.3, -0.25) is 14.4 Å². The number of hydrogen-bond acceptors (Lipinski definition) is 5. The van der Waals surface area contributed by atoms with Crippen LogP contribution < -0.4 is 4.90 Å². The van der Waals surface area contributed by atoms with Gasteiger partial charge < -0.3 is 14.3 Å². The van der Waals surface area contributed by atoms with Crippen LogP contribution in [0.5, 0.6) is 0 Å². The molecular weight excluding hydrogens is 312 g/mol. The first-order valence-electron chi connectivity index (χ1n) is 7.82. The maximum absolute atomic E-state index is 12.2. The van der Waals surface area contributed by atoms with Crippen molar-refractivity contribution in [2.45, 2.75) is 13.0 Å². The van der Waals surface area contributed by atoms with Gasteiger partial charge in [-0.15, -0.1) is 0 Å². The predicted octanol–water partition coefficient (Wildman–Crippen LogP) is 0.748. The van der Waals surface area contributed by atoms with Crippen molar-refractivity contribution in [3.05, 3.63) is 29.9 Å². The molecule has 3 amide bonds. The molecule has 2 aliphatic rings. The molecule has 0 spiro atoms. The summed E-state index contributed by atoms with van der Waals surface area (Å²) < 4.78 is 6.76. The summed E-state index contributed by atoms with van der Waals surface area (Å²) in [6, 6.07) is 1.74. The molecular formula is C15H18N6O3. The molecule has 0 saturated carbocycles. The van der Waals surface area contributed by atoms with Crippen molar-refractivity contribution in [2.24, 2.45) is 0 Å². The second kappa shape index (κ2) is 5.36. The molecule has 2 aromatic heterocycles. The van der Waals surface area contributed by atoms with E-state index in [2.05, 4.69) is 10.3 Å². The average Bonchev–Trinajstić information content (AvgIpc) is 3.21. The number of aryl methyl sites for hydroxylation is 1. The molecule has 24 heavy (non-hydrogen) atoms. The third-order valence-corrected chi connectivity index (χ3v) is 4.49. The number of aromatic nitrogens is 3. The average molecular weight is 330 g/mol. The van der Waals surface area contributed by atoms with Gasteiger partial charge in [0.15, 0.2) is 5.69 Å². The van der Waals surface area contributed by atoms with E-state index in [1.165, 1.54) is 0 Å². The Balaban J connectivity index is 1.39. The maximum Gasteiger partial charge on any atom is 0.324 e. The second-order valence-corrected chi connectivity index (χ2v) is 6.22. The summed E-state index contributed by atoms with van der Waals surface area (Å²) in [7, 11) is 1.79. The van der Waals surface area contributed by atoms with Crippen LogP contribution in [0.15, 0.2) is 23.0 Å². The Kier molecular flexibility index (Phi) is 3.29. The topological polar surface area (TPSA) is 87.7 Å². The predicted molar refractivity (Wildman–Crippen MR) is 83.8 cm³/mol. The highest BCUT2D eigenvalue weighted by molar-refractivity contribution is 5.94. The molecule has 126 valence electrons. The fourth-order valence-electron chi connectivity index (χ4n) is 2.97. The van der Waals surface area contributed by atoms with Gasteiger partial charge in [-0.1, -0.05) is 5.16 Å². The highest BCUT2D eigenvalue weighted by Gasteiger charge is 2.35. The second-order valence-electron chi connectivity index (χ2n) is 6.22. The summed E-state index contributed by atoms with van der Waals surface area (Å²) in [5.41, 5.74) is 1.12. The third kappa shape index (κ3) is 2.32. The number of carbonyl (C=O) groups excluding carboxylic acids is 2. The van der Waals surface area contributed by atoms with E-state index in [1.807, 2.05) is 10.9 Å². The molecule has 0 aliphatic carbocycles. The molecule has 4 heterocycles. The first-order valence-corrected chi connectivity index (χ1v) is 7.82. The van der Waals surface area contributed by atoms with E-state index >= 15 is 0 Å². The Hall–Kier alpha value is -2.84. The van der Waals surface area contributed by atoms with Crippen molar-refractivity contribution in [2.75, 3.05) is 38.1 Å². The fourth-order valence-corrected chi connectivity index (χ4v) is 2.97. The highest BCUT2D eigenvalue weighted by Crippen LogP contribution is 2.26. The molecule has 0 unspecified atom stereocenters. The van der Waals surface area contributed by atoms with Crippen LogP contribution in [0.2, 0.25) is 0 Å². The SMILES string of the molecule is Cc1cc(C(=O)N2CC(n3cc(N4CCN(C)C4=O)cn3)C2)no1. The molecule has 9 nitrogen and oxygen atoms in total. The van der Waals surface area contributed by atoms with Crippen LogP contribution in [0.4, 0.5) is 10.5 Å². The van der Waals surface area contributed by atoms with E-state index in [1.54, 1.807) is 40.9 Å². The van der Waals surface area contributed by atoms with Gasteiger partial charge in [0, 0.05) is 45.5 Å². The molecule has 9 heteroatoms. The normalized spacial score (nSPS) is 18.4. The zero-order valence-corrected chi connectivity index (χ0v) is 13.5. The van der Waals surface area contributed by atoms with E-state index in [9.17, 15) is 9.59 Å². The molecule has 0 bridgehead atoms. The van der Waals surface area contributed by atoms with Gasteiger partial charge in [-0.2, -0.15) is 5.10 Å². The number of urea groups is 1. The van der Waals surface area contributed by atoms with Crippen LogP contribution in [0.3, 0.4) is 0 Å². The van der Waals surface area contributed by atoms with E-state index in [0.717, 1.165) is 5.69 Å². The molecule has 2 saturated heterocycles. The lowest BCUT2D eigenvalue weighted by Gasteiger charge is -2.38. The maximum atomic E-state index is 12.2. The summed E-state index contributed by atoms with van der Waals surface area (Å²) in [5.74, 6) is 0.485. The fraction of sp³-hybridized carbons (Fsp3) is 0.467. The quantitative estimate of drug-likeness (QED) is 0.828. The van der Waals surface area contributed by atoms with E-state index in [4.69, 9.17) is 4.52 Å². The van der Waals surface area contributed by atoms with Crippen molar-refractivity contribution < 1.29 is 14.1 Å². The molecule has 0 N–H and O–H groups in total. The minimum atomic E-state index is -0.133. The van der Waals surface area contributed by atoms with Crippen LogP contribution in [0, 0.1) is 6.92 Å². The number of hydrogen-bond donors (Lipinski definition) is 0. The van der Waals surface area contributed by atoms with Crippen molar-refractivity contribution in [3.63, 3.8) is 0 Å². The number of anilines is 1. The van der Waals surface area contributed by atoms with Crippen LogP contribution in [-0.2, 0) is 0 Å². The molecule has 2 fully saturated rings. The lowest BCUT2D eigenvalue weighted by Crippen LogP contribution is -2.51. The van der Waals surface area contributed by atoms with E-state index in [0.29, 0.717) is 37.6 Å². The summed E-state index contributed by atoms with van der Waals surface area (Å²) in [4.78, 5) is 29.3. The molecule has 4 rings (SSSR count). The molecule has 0 radical (unpaired) electrons. The summed E-state index contributed by atoms with van der Waals surface area (Å²) in [6.45, 7) is 4.28. The zero-order valence-electron chi connectivity index (χ0n) is 13.5. The van der Waals surface area contributed by atoms with Gasteiger partial charge in [0.25, 0.3) is 5.91 Å². The van der Waals surface area contributed by atoms with Crippen LogP contribution in [-0.4, -0.2) is 69.9 Å². The Labute approximate surface area is 138 Å². The van der Waals surface area contributed by atoms with E-state index < -0.39 is 0 Å². The van der Waals surface area contributed by atoms with Gasteiger partial charge in [-0.25, -0.2) is 4.79 Å². The summed E-state index contributed by atoms with van der Waals surface area (Å²) >= 11 is 0. The Morgan fingerprint density at radius 2 is 2.12 bits per heavy atom. The van der Waals surface area contributed by atoms with Gasteiger partial charge >= 0.3 is 6.03 Å². The summed E-state index contributed by atoms with van der Waals surface area (Å²) in [6.07, 6.45) is 3.56. The third-order valence-electron chi connectivity index (χ3n) is 4.49. The van der Waals surface area contributed by atoms with E-state index in [-0.39, 0.29) is 18.0 Å². The largest absolute Gasteiger partial charge is 0.361 e. The molecule has 0 atom stereocenters. The lowest BCUT2D eigenvalue weighted by atomic mass is 10.1. The zero-order chi connectivity index (χ0) is 16.8. The van der Waals surface area contributed by atoms with Crippen molar-refractivity contribution in [1.82, 2.24) is 24.7 Å². The molecule has 0 aromatic carbocycles. The minimum Gasteiger partial charge on any atom is -0.361 e. The monoisotopic (exact) mass is 330 g/mol. The number of rotatable bonds is 3. The smallest absolute Gasteiger partial charge is 0.324 e. The minimum absolute atomic E-state index is 0.0126. The van der Waals surface area contributed by atoms with Crippen LogP contribution in [0.25, 0.3) is 0 Å². The number of likely N-dealkylation sites (N-methyl/N-ethyl adjacent to an activating group) is 1. The van der Waals surface area contributed by atoms with Gasteiger partial charge in [-0.05, 0) is 6.92 Å². The Bertz CT molecular complexity index is 791. The van der Waals surface area contributed by atoms with Gasteiger partial charge in [0.05, 0.1) is 17.9 Å². The number of amides is 3. The Morgan fingerprint density at radius 1 is 1.33 bits per heavy atom. The number of nitrogens with zero attached hydrogens (tertiary/aromatic N) is 6. The van der Waals surface area contributed by atoms with Gasteiger partial charge in [0.2, 0.25) is 0 Å². The first-order chi connectivity index (χ1) is 11.5. The first kappa shape index (κ1) is 14.7. The van der Waals surface area contributed by atoms with Crippen molar-refractivity contribution in [1.29, 1.82) is 0 Å². The molecule has 2 aromatic rings. The number of likely N-dealkylation sites (tertiary alicyclic amines) is 1. The highest BCUT2D eigenvalue weighted by atomic mass is 16.5. The van der Waals surface area contributed by atoms with Crippen molar-refractivity contribution >= 4 is 17.6 Å². The van der Waals surface area contributed by atoms with Gasteiger partial charge in [0.1, 0.15) is 5.76 Å². The Morgan fingerprint density at radius 3 is 2.75 bits per heavy atom. The van der Waals surface area contributed by atoms with Crippen molar-refractivity contribution in [3.8, 4) is 0 Å². The lowest BCUT2D eigenvalue weighted by molar-refractivity contribution is 0.0491. The summed E-state index contributed by atoms with van der Waals surface area (Å²) in [5, 5.41) is 8.10. The van der Waals surface area contributed by atoms with Crippen LogP contribution >= 0.6 is 0 Å². The molecule has 2 aliphatic heterocycles. The number of carbonyl (C=O) groups is 2.